The van der Waals surface area contributed by atoms with Gasteiger partial charge in [-0.25, -0.2) is 0 Å². The molecule has 0 atom stereocenters. The number of aromatic nitrogens is 6. The summed E-state index contributed by atoms with van der Waals surface area (Å²) in [6.45, 7) is 4.09. The summed E-state index contributed by atoms with van der Waals surface area (Å²) >= 11 is 0. The first-order chi connectivity index (χ1) is 10.7. The van der Waals surface area contributed by atoms with Crippen LogP contribution in [-0.2, 0) is 12.8 Å². The van der Waals surface area contributed by atoms with Gasteiger partial charge in [0, 0.05) is 25.2 Å². The standard InChI is InChI=1S/C16H16N6/c1-11-5-3-9-21-13(17-19-15(11)21)7-8-14-18-20-16-12(2)6-4-10-22(14)16/h3-6,9-10H,7-8H2,1-2H3. The SMILES string of the molecule is Cc1cccn2c(CCc3nnc4c(C)cccn34)nnc12. The maximum atomic E-state index is 4.31. The second-order valence-corrected chi connectivity index (χ2v) is 5.50. The predicted molar refractivity (Wildman–Crippen MR) is 82.9 cm³/mol. The summed E-state index contributed by atoms with van der Waals surface area (Å²) in [6, 6.07) is 8.13. The van der Waals surface area contributed by atoms with E-state index in [1.165, 1.54) is 0 Å². The van der Waals surface area contributed by atoms with E-state index < -0.39 is 0 Å². The maximum Gasteiger partial charge on any atom is 0.163 e. The van der Waals surface area contributed by atoms with E-state index >= 15 is 0 Å². The van der Waals surface area contributed by atoms with E-state index in [9.17, 15) is 0 Å². The smallest absolute Gasteiger partial charge is 0.163 e. The molecule has 4 rings (SSSR count). The third-order valence-electron chi connectivity index (χ3n) is 3.97. The molecule has 0 unspecified atom stereocenters. The second-order valence-electron chi connectivity index (χ2n) is 5.50. The van der Waals surface area contributed by atoms with Crippen LogP contribution < -0.4 is 0 Å². The lowest BCUT2D eigenvalue weighted by Crippen LogP contribution is -2.02. The van der Waals surface area contributed by atoms with Gasteiger partial charge >= 0.3 is 0 Å². The number of fused-ring (bicyclic) bond motifs is 2. The van der Waals surface area contributed by atoms with Gasteiger partial charge in [-0.2, -0.15) is 0 Å². The molecule has 0 aliphatic rings. The van der Waals surface area contributed by atoms with E-state index in [0.717, 1.165) is 46.9 Å². The fourth-order valence-electron chi connectivity index (χ4n) is 2.76. The van der Waals surface area contributed by atoms with Gasteiger partial charge in [-0.1, -0.05) is 12.1 Å². The van der Waals surface area contributed by atoms with Gasteiger partial charge in [0.05, 0.1) is 0 Å². The van der Waals surface area contributed by atoms with Gasteiger partial charge in [-0.3, -0.25) is 8.80 Å². The molecule has 110 valence electrons. The summed E-state index contributed by atoms with van der Waals surface area (Å²) in [7, 11) is 0. The maximum absolute atomic E-state index is 4.31. The van der Waals surface area contributed by atoms with Crippen molar-refractivity contribution in [1.29, 1.82) is 0 Å². The number of nitrogens with zero attached hydrogens (tertiary/aromatic N) is 6. The Hall–Kier alpha value is -2.76. The molecule has 0 saturated carbocycles. The summed E-state index contributed by atoms with van der Waals surface area (Å²) in [5.41, 5.74) is 4.09. The minimum atomic E-state index is 0.777. The zero-order valence-corrected chi connectivity index (χ0v) is 12.6. The lowest BCUT2D eigenvalue weighted by atomic mass is 10.2. The highest BCUT2D eigenvalue weighted by molar-refractivity contribution is 5.47. The molecule has 0 radical (unpaired) electrons. The lowest BCUT2D eigenvalue weighted by Gasteiger charge is -2.02. The third kappa shape index (κ3) is 1.95. The van der Waals surface area contributed by atoms with Gasteiger partial charge in [0.1, 0.15) is 11.6 Å². The Labute approximate surface area is 127 Å². The highest BCUT2D eigenvalue weighted by Crippen LogP contribution is 2.13. The van der Waals surface area contributed by atoms with Crippen LogP contribution in [0, 0.1) is 13.8 Å². The van der Waals surface area contributed by atoms with E-state index in [0.29, 0.717) is 0 Å². The van der Waals surface area contributed by atoms with Crippen molar-refractivity contribution in [3.8, 4) is 0 Å². The number of hydrogen-bond donors (Lipinski definition) is 0. The molecule has 0 fully saturated rings. The van der Waals surface area contributed by atoms with Crippen LogP contribution >= 0.6 is 0 Å². The van der Waals surface area contributed by atoms with E-state index in [-0.39, 0.29) is 0 Å². The van der Waals surface area contributed by atoms with Crippen LogP contribution in [0.25, 0.3) is 11.3 Å². The molecule has 6 heteroatoms. The zero-order chi connectivity index (χ0) is 15.1. The van der Waals surface area contributed by atoms with Gasteiger partial charge in [0.15, 0.2) is 11.3 Å². The summed E-state index contributed by atoms with van der Waals surface area (Å²) < 4.78 is 4.09. The van der Waals surface area contributed by atoms with Gasteiger partial charge in [0.2, 0.25) is 0 Å². The van der Waals surface area contributed by atoms with Crippen LogP contribution in [0.3, 0.4) is 0 Å². The topological polar surface area (TPSA) is 60.4 Å². The van der Waals surface area contributed by atoms with Gasteiger partial charge in [0.25, 0.3) is 0 Å². The number of hydrogen-bond acceptors (Lipinski definition) is 4. The fraction of sp³-hybridized carbons (Fsp3) is 0.250. The first-order valence-electron chi connectivity index (χ1n) is 7.32. The quantitative estimate of drug-likeness (QED) is 0.580. The molecule has 0 bridgehead atoms. The van der Waals surface area contributed by atoms with Crippen molar-refractivity contribution >= 4 is 11.3 Å². The lowest BCUT2D eigenvalue weighted by molar-refractivity contribution is 0.782. The average Bonchev–Trinajstić information content (AvgIpc) is 3.11. The molecule has 6 nitrogen and oxygen atoms in total. The van der Waals surface area contributed by atoms with Gasteiger partial charge in [-0.15, -0.1) is 20.4 Å². The summed E-state index contributed by atoms with van der Waals surface area (Å²) in [6.07, 6.45) is 5.56. The number of aryl methyl sites for hydroxylation is 4. The number of pyridine rings is 2. The van der Waals surface area contributed by atoms with Crippen LogP contribution in [0.5, 0.6) is 0 Å². The van der Waals surface area contributed by atoms with Crippen LogP contribution in [0.15, 0.2) is 36.7 Å². The van der Waals surface area contributed by atoms with Crippen molar-refractivity contribution in [2.75, 3.05) is 0 Å². The van der Waals surface area contributed by atoms with Gasteiger partial charge in [-0.05, 0) is 37.1 Å². The minimum absolute atomic E-state index is 0.777. The Morgan fingerprint density at radius 2 is 1.18 bits per heavy atom. The summed E-state index contributed by atoms with van der Waals surface area (Å²) in [4.78, 5) is 0. The highest BCUT2D eigenvalue weighted by atomic mass is 15.3. The fourth-order valence-corrected chi connectivity index (χ4v) is 2.76. The average molecular weight is 292 g/mol. The summed E-state index contributed by atoms with van der Waals surface area (Å²) in [5, 5.41) is 17.1. The molecule has 4 aromatic heterocycles. The largest absolute Gasteiger partial charge is 0.286 e. The van der Waals surface area contributed by atoms with Crippen molar-refractivity contribution in [3.63, 3.8) is 0 Å². The molecule has 0 aromatic carbocycles. The Morgan fingerprint density at radius 3 is 1.64 bits per heavy atom. The Kier molecular flexibility index (Phi) is 2.89. The normalized spacial score (nSPS) is 11.5. The Balaban J connectivity index is 1.66. The molecule has 4 heterocycles. The number of rotatable bonds is 3. The van der Waals surface area contributed by atoms with Crippen molar-refractivity contribution in [3.05, 3.63) is 59.4 Å². The molecule has 0 spiro atoms. The molecular weight excluding hydrogens is 276 g/mol. The Bertz CT molecular complexity index is 885. The second kappa shape index (κ2) is 4.91. The molecule has 0 aliphatic heterocycles. The van der Waals surface area contributed by atoms with Crippen LogP contribution in [0.1, 0.15) is 22.8 Å². The van der Waals surface area contributed by atoms with Crippen molar-refractivity contribution in [1.82, 2.24) is 29.2 Å². The molecule has 4 aromatic rings. The first kappa shape index (κ1) is 12.9. The van der Waals surface area contributed by atoms with Gasteiger partial charge < -0.3 is 0 Å². The van der Waals surface area contributed by atoms with Crippen LogP contribution in [-0.4, -0.2) is 29.2 Å². The van der Waals surface area contributed by atoms with Crippen LogP contribution in [0.4, 0.5) is 0 Å². The van der Waals surface area contributed by atoms with Crippen molar-refractivity contribution in [2.45, 2.75) is 26.7 Å². The van der Waals surface area contributed by atoms with Crippen LogP contribution in [0.2, 0.25) is 0 Å². The molecule has 0 aliphatic carbocycles. The first-order valence-corrected chi connectivity index (χ1v) is 7.32. The molecule has 0 N–H and O–H groups in total. The van der Waals surface area contributed by atoms with Crippen molar-refractivity contribution < 1.29 is 0 Å². The molecule has 22 heavy (non-hydrogen) atoms. The molecular formula is C16H16N6. The van der Waals surface area contributed by atoms with Crippen molar-refractivity contribution in [2.24, 2.45) is 0 Å². The van der Waals surface area contributed by atoms with E-state index in [4.69, 9.17) is 0 Å². The third-order valence-corrected chi connectivity index (χ3v) is 3.97. The van der Waals surface area contributed by atoms with E-state index in [1.54, 1.807) is 0 Å². The van der Waals surface area contributed by atoms with E-state index in [2.05, 4.69) is 20.4 Å². The van der Waals surface area contributed by atoms with E-state index in [1.807, 2.05) is 59.3 Å². The molecule has 0 amide bonds. The zero-order valence-electron chi connectivity index (χ0n) is 12.6. The summed E-state index contributed by atoms with van der Waals surface area (Å²) in [5.74, 6) is 1.89. The molecule has 0 saturated heterocycles. The minimum Gasteiger partial charge on any atom is -0.286 e. The highest BCUT2D eigenvalue weighted by Gasteiger charge is 2.11. The Morgan fingerprint density at radius 1 is 0.727 bits per heavy atom. The monoisotopic (exact) mass is 292 g/mol. The predicted octanol–water partition coefficient (Wildman–Crippen LogP) is 2.17.